The molecule has 1 N–H and O–H groups in total. The number of nitrogens with one attached hydrogen (secondary N) is 1. The van der Waals surface area contributed by atoms with Crippen LogP contribution in [0.3, 0.4) is 0 Å². The molecule has 1 heterocycles. The van der Waals surface area contributed by atoms with Gasteiger partial charge in [0.15, 0.2) is 0 Å². The van der Waals surface area contributed by atoms with Crippen LogP contribution >= 0.6 is 0 Å². The summed E-state index contributed by atoms with van der Waals surface area (Å²) in [6.45, 7) is 0. The van der Waals surface area contributed by atoms with E-state index in [0.29, 0.717) is 12.0 Å². The molecule has 2 rings (SSSR count). The van der Waals surface area contributed by atoms with Crippen LogP contribution in [-0.4, -0.2) is 21.5 Å². The maximum absolute atomic E-state index is 5.67. The number of ether oxygens (including phenoxy) is 1. The molecule has 13 heavy (non-hydrogen) atoms. The average molecular weight is 181 g/mol. The third kappa shape index (κ3) is 2.44. The Labute approximate surface area is 77.7 Å². The molecule has 1 aromatic rings. The molecule has 4 heteroatoms. The van der Waals surface area contributed by atoms with Crippen molar-refractivity contribution in [1.82, 2.24) is 15.4 Å². The third-order valence-electron chi connectivity index (χ3n) is 2.48. The van der Waals surface area contributed by atoms with Gasteiger partial charge < -0.3 is 4.74 Å². The van der Waals surface area contributed by atoms with Gasteiger partial charge in [0.05, 0.1) is 6.20 Å². The van der Waals surface area contributed by atoms with Gasteiger partial charge in [0.2, 0.25) is 0 Å². The van der Waals surface area contributed by atoms with Crippen LogP contribution in [-0.2, 0) is 0 Å². The van der Waals surface area contributed by atoms with E-state index in [0.717, 1.165) is 12.8 Å². The highest BCUT2D eigenvalue weighted by Crippen LogP contribution is 2.20. The van der Waals surface area contributed by atoms with Crippen molar-refractivity contribution in [3.63, 3.8) is 0 Å². The second-order valence-electron chi connectivity index (χ2n) is 3.54. The van der Waals surface area contributed by atoms with Gasteiger partial charge >= 0.3 is 0 Å². The van der Waals surface area contributed by atoms with Gasteiger partial charge in [0, 0.05) is 0 Å². The topological polar surface area (TPSA) is 50.8 Å². The number of rotatable bonds is 2. The molecule has 0 spiro atoms. The molecule has 0 atom stereocenters. The van der Waals surface area contributed by atoms with E-state index in [1.165, 1.54) is 25.7 Å². The van der Waals surface area contributed by atoms with Crippen LogP contribution in [0.5, 0.6) is 5.88 Å². The second kappa shape index (κ2) is 4.25. The van der Waals surface area contributed by atoms with E-state index < -0.39 is 0 Å². The van der Waals surface area contributed by atoms with Crippen molar-refractivity contribution in [3.8, 4) is 5.88 Å². The Balaban J connectivity index is 1.86. The first-order valence-electron chi connectivity index (χ1n) is 4.98. The van der Waals surface area contributed by atoms with Crippen molar-refractivity contribution in [2.75, 3.05) is 0 Å². The maximum Gasteiger partial charge on any atom is 0.253 e. The Hall–Kier alpha value is -1.06. The van der Waals surface area contributed by atoms with E-state index in [-0.39, 0.29) is 0 Å². The number of aromatic amines is 1. The fraction of sp³-hybridized carbons (Fsp3) is 0.778. The molecule has 0 saturated heterocycles. The molecule has 1 aromatic heterocycles. The van der Waals surface area contributed by atoms with Gasteiger partial charge in [-0.15, -0.1) is 0 Å². The lowest BCUT2D eigenvalue weighted by molar-refractivity contribution is 0.176. The molecule has 0 aromatic carbocycles. The Bertz CT molecular complexity index is 227. The van der Waals surface area contributed by atoms with Crippen molar-refractivity contribution < 1.29 is 4.74 Å². The van der Waals surface area contributed by atoms with Crippen molar-refractivity contribution in [2.45, 2.75) is 44.6 Å². The first-order valence-corrected chi connectivity index (χ1v) is 4.98. The zero-order chi connectivity index (χ0) is 8.93. The SMILES string of the molecule is c1[nH]nnc1OC1CCCCCC1. The summed E-state index contributed by atoms with van der Waals surface area (Å²) in [5.41, 5.74) is 0. The van der Waals surface area contributed by atoms with Crippen LogP contribution in [0.15, 0.2) is 6.20 Å². The Morgan fingerprint density at radius 3 is 2.62 bits per heavy atom. The molecule has 1 aliphatic rings. The fourth-order valence-electron chi connectivity index (χ4n) is 1.78. The van der Waals surface area contributed by atoms with Crippen LogP contribution in [0.4, 0.5) is 0 Å². The smallest absolute Gasteiger partial charge is 0.253 e. The number of hydrogen-bond acceptors (Lipinski definition) is 3. The Kier molecular flexibility index (Phi) is 2.79. The second-order valence-corrected chi connectivity index (χ2v) is 3.54. The van der Waals surface area contributed by atoms with Crippen molar-refractivity contribution in [2.24, 2.45) is 0 Å². The van der Waals surface area contributed by atoms with Gasteiger partial charge in [-0.2, -0.15) is 0 Å². The lowest BCUT2D eigenvalue weighted by Gasteiger charge is -2.13. The number of aromatic nitrogens is 3. The minimum absolute atomic E-state index is 0.354. The largest absolute Gasteiger partial charge is 0.472 e. The highest BCUT2D eigenvalue weighted by atomic mass is 16.5. The summed E-state index contributed by atoms with van der Waals surface area (Å²) in [5.74, 6) is 0.631. The number of H-pyrrole nitrogens is 1. The molecule has 0 aliphatic heterocycles. The molecular weight excluding hydrogens is 166 g/mol. The molecule has 72 valence electrons. The van der Waals surface area contributed by atoms with Crippen LogP contribution in [0.25, 0.3) is 0 Å². The summed E-state index contributed by atoms with van der Waals surface area (Å²) >= 11 is 0. The molecule has 1 aliphatic carbocycles. The molecule has 1 fully saturated rings. The van der Waals surface area contributed by atoms with E-state index in [2.05, 4.69) is 15.4 Å². The first-order chi connectivity index (χ1) is 6.45. The van der Waals surface area contributed by atoms with Gasteiger partial charge in [-0.05, 0) is 25.7 Å². The van der Waals surface area contributed by atoms with E-state index in [1.807, 2.05) is 0 Å². The first kappa shape index (κ1) is 8.53. The van der Waals surface area contributed by atoms with E-state index in [4.69, 9.17) is 4.74 Å². The lowest BCUT2D eigenvalue weighted by atomic mass is 10.1. The molecular formula is C9H15N3O. The fourth-order valence-corrected chi connectivity index (χ4v) is 1.78. The molecule has 4 nitrogen and oxygen atoms in total. The highest BCUT2D eigenvalue weighted by Gasteiger charge is 2.14. The highest BCUT2D eigenvalue weighted by molar-refractivity contribution is 4.98. The third-order valence-corrected chi connectivity index (χ3v) is 2.48. The van der Waals surface area contributed by atoms with Gasteiger partial charge in [-0.1, -0.05) is 23.2 Å². The number of nitrogens with zero attached hydrogens (tertiary/aromatic N) is 2. The van der Waals surface area contributed by atoms with Crippen LogP contribution in [0, 0.1) is 0 Å². The van der Waals surface area contributed by atoms with E-state index >= 15 is 0 Å². The lowest BCUT2D eigenvalue weighted by Crippen LogP contribution is -2.15. The average Bonchev–Trinajstić information content (AvgIpc) is 2.49. The summed E-state index contributed by atoms with van der Waals surface area (Å²) in [6, 6.07) is 0. The summed E-state index contributed by atoms with van der Waals surface area (Å²) < 4.78 is 5.67. The van der Waals surface area contributed by atoms with Gasteiger partial charge in [0.25, 0.3) is 5.88 Å². The van der Waals surface area contributed by atoms with Crippen LogP contribution in [0.2, 0.25) is 0 Å². The summed E-state index contributed by atoms with van der Waals surface area (Å²) in [4.78, 5) is 0. The van der Waals surface area contributed by atoms with E-state index in [9.17, 15) is 0 Å². The van der Waals surface area contributed by atoms with Crippen LogP contribution in [0.1, 0.15) is 38.5 Å². The zero-order valence-electron chi connectivity index (χ0n) is 7.70. The minimum atomic E-state index is 0.354. The Morgan fingerprint density at radius 1 is 1.23 bits per heavy atom. The van der Waals surface area contributed by atoms with Crippen molar-refractivity contribution in [1.29, 1.82) is 0 Å². The summed E-state index contributed by atoms with van der Waals surface area (Å²) in [6.07, 6.45) is 9.63. The predicted octanol–water partition coefficient (Wildman–Crippen LogP) is 1.91. The maximum atomic E-state index is 5.67. The summed E-state index contributed by atoms with van der Waals surface area (Å²) in [5, 5.41) is 10.1. The normalized spacial score (nSPS) is 19.7. The molecule has 0 amide bonds. The van der Waals surface area contributed by atoms with Crippen molar-refractivity contribution >= 4 is 0 Å². The van der Waals surface area contributed by atoms with Gasteiger partial charge in [-0.3, -0.25) is 5.10 Å². The molecule has 0 radical (unpaired) electrons. The van der Waals surface area contributed by atoms with Gasteiger partial charge in [-0.25, -0.2) is 0 Å². The van der Waals surface area contributed by atoms with Gasteiger partial charge in [0.1, 0.15) is 6.10 Å². The predicted molar refractivity (Wildman–Crippen MR) is 48.5 cm³/mol. The molecule has 0 unspecified atom stereocenters. The van der Waals surface area contributed by atoms with E-state index in [1.54, 1.807) is 6.20 Å². The minimum Gasteiger partial charge on any atom is -0.472 e. The summed E-state index contributed by atoms with van der Waals surface area (Å²) in [7, 11) is 0. The zero-order valence-corrected chi connectivity index (χ0v) is 7.70. The number of hydrogen-bond donors (Lipinski definition) is 1. The monoisotopic (exact) mass is 181 g/mol. The standard InChI is InChI=1S/C9H15N3O/c1-2-4-6-8(5-3-1)13-9-7-10-12-11-9/h7-8H,1-6H2,(H,10,11,12). The Morgan fingerprint density at radius 2 is 2.00 bits per heavy atom. The van der Waals surface area contributed by atoms with Crippen LogP contribution < -0.4 is 4.74 Å². The quantitative estimate of drug-likeness (QED) is 0.709. The molecule has 0 bridgehead atoms. The van der Waals surface area contributed by atoms with Crippen molar-refractivity contribution in [3.05, 3.63) is 6.20 Å². The molecule has 1 saturated carbocycles.